The Kier molecular flexibility index (Phi) is 3.65. The van der Waals surface area contributed by atoms with Crippen molar-refractivity contribution in [3.05, 3.63) is 30.0 Å². The van der Waals surface area contributed by atoms with Gasteiger partial charge in [-0.2, -0.15) is 5.10 Å². The summed E-state index contributed by atoms with van der Waals surface area (Å²) in [6.07, 6.45) is 2.72. The first-order valence-electron chi connectivity index (χ1n) is 6.41. The van der Waals surface area contributed by atoms with Crippen LogP contribution in [-0.4, -0.2) is 33.6 Å². The van der Waals surface area contributed by atoms with E-state index in [1.165, 1.54) is 0 Å². The van der Waals surface area contributed by atoms with Crippen LogP contribution in [0.15, 0.2) is 24.4 Å². The second-order valence-electron chi connectivity index (χ2n) is 4.52. The van der Waals surface area contributed by atoms with E-state index in [9.17, 15) is 4.79 Å². The maximum absolute atomic E-state index is 12.4. The third-order valence-corrected chi connectivity index (χ3v) is 3.41. The first-order valence-corrected chi connectivity index (χ1v) is 6.41. The summed E-state index contributed by atoms with van der Waals surface area (Å²) in [5.41, 5.74) is 1.62. The molecule has 18 heavy (non-hydrogen) atoms. The summed E-state index contributed by atoms with van der Waals surface area (Å²) in [4.78, 5) is 14.3. The molecule has 0 radical (unpaired) electrons. The standard InChI is InChI=1S/C14H19N3O/c1-4-10(3)17(5-2)14(18)11-6-7-12-9-15-16-13(12)8-11/h6-10H,4-5H2,1-3H3,(H,15,16). The maximum Gasteiger partial charge on any atom is 0.254 e. The molecule has 0 aliphatic heterocycles. The van der Waals surface area contributed by atoms with Gasteiger partial charge in [0, 0.05) is 23.5 Å². The minimum atomic E-state index is 0.0864. The Morgan fingerprint density at radius 3 is 2.89 bits per heavy atom. The van der Waals surface area contributed by atoms with E-state index in [0.29, 0.717) is 5.56 Å². The zero-order valence-corrected chi connectivity index (χ0v) is 11.1. The van der Waals surface area contributed by atoms with Crippen LogP contribution < -0.4 is 0 Å². The Labute approximate surface area is 107 Å². The fourth-order valence-electron chi connectivity index (χ4n) is 2.11. The van der Waals surface area contributed by atoms with Crippen LogP contribution in [0.4, 0.5) is 0 Å². The van der Waals surface area contributed by atoms with Crippen LogP contribution in [-0.2, 0) is 0 Å². The summed E-state index contributed by atoms with van der Waals surface area (Å²) < 4.78 is 0. The number of hydrogen-bond acceptors (Lipinski definition) is 2. The van der Waals surface area contributed by atoms with Crippen LogP contribution in [0.3, 0.4) is 0 Å². The molecule has 1 atom stereocenters. The number of benzene rings is 1. The van der Waals surface area contributed by atoms with Crippen molar-refractivity contribution in [1.82, 2.24) is 15.1 Å². The Hall–Kier alpha value is -1.84. The van der Waals surface area contributed by atoms with Crippen LogP contribution in [0.25, 0.3) is 10.9 Å². The molecule has 0 fully saturated rings. The third-order valence-electron chi connectivity index (χ3n) is 3.41. The molecule has 1 heterocycles. The molecule has 0 saturated heterocycles. The number of carbonyl (C=O) groups is 1. The van der Waals surface area contributed by atoms with Crippen molar-refractivity contribution in [2.45, 2.75) is 33.2 Å². The van der Waals surface area contributed by atoms with Gasteiger partial charge in [0.05, 0.1) is 11.7 Å². The molecule has 0 spiro atoms. The lowest BCUT2D eigenvalue weighted by molar-refractivity contribution is 0.0700. The van der Waals surface area contributed by atoms with Gasteiger partial charge in [-0.25, -0.2) is 0 Å². The Morgan fingerprint density at radius 1 is 1.44 bits per heavy atom. The van der Waals surface area contributed by atoms with E-state index in [2.05, 4.69) is 24.0 Å². The Balaban J connectivity index is 2.31. The summed E-state index contributed by atoms with van der Waals surface area (Å²) in [7, 11) is 0. The van der Waals surface area contributed by atoms with Crippen LogP contribution in [0.1, 0.15) is 37.6 Å². The zero-order chi connectivity index (χ0) is 13.1. The van der Waals surface area contributed by atoms with E-state index in [0.717, 1.165) is 23.9 Å². The predicted octanol–water partition coefficient (Wildman–Crippen LogP) is 2.82. The molecule has 4 nitrogen and oxygen atoms in total. The number of nitrogens with zero attached hydrogens (tertiary/aromatic N) is 2. The van der Waals surface area contributed by atoms with Gasteiger partial charge in [0.25, 0.3) is 5.91 Å². The molecule has 96 valence electrons. The van der Waals surface area contributed by atoms with E-state index in [4.69, 9.17) is 0 Å². The topological polar surface area (TPSA) is 49.0 Å². The molecule has 1 aromatic heterocycles. The number of nitrogens with one attached hydrogen (secondary N) is 1. The largest absolute Gasteiger partial charge is 0.336 e. The monoisotopic (exact) mass is 245 g/mol. The highest BCUT2D eigenvalue weighted by atomic mass is 16.2. The highest BCUT2D eigenvalue weighted by molar-refractivity contribution is 5.97. The highest BCUT2D eigenvalue weighted by Crippen LogP contribution is 2.16. The molecule has 1 N–H and O–H groups in total. The zero-order valence-electron chi connectivity index (χ0n) is 11.1. The quantitative estimate of drug-likeness (QED) is 0.900. The lowest BCUT2D eigenvalue weighted by Gasteiger charge is -2.27. The van der Waals surface area contributed by atoms with Crippen molar-refractivity contribution < 1.29 is 4.79 Å². The molecule has 1 unspecified atom stereocenters. The second-order valence-corrected chi connectivity index (χ2v) is 4.52. The number of aromatic amines is 1. The lowest BCUT2D eigenvalue weighted by Crippen LogP contribution is -2.38. The molecule has 2 aromatic rings. The third kappa shape index (κ3) is 2.23. The number of rotatable bonds is 4. The summed E-state index contributed by atoms with van der Waals surface area (Å²) in [5, 5.41) is 7.89. The van der Waals surface area contributed by atoms with Gasteiger partial charge in [-0.1, -0.05) is 13.0 Å². The molecule has 1 amide bonds. The normalized spacial score (nSPS) is 12.6. The first-order chi connectivity index (χ1) is 8.67. The molecule has 0 saturated carbocycles. The fourth-order valence-corrected chi connectivity index (χ4v) is 2.11. The first kappa shape index (κ1) is 12.6. The van der Waals surface area contributed by atoms with Crippen molar-refractivity contribution in [2.24, 2.45) is 0 Å². The summed E-state index contributed by atoms with van der Waals surface area (Å²) in [6, 6.07) is 5.93. The summed E-state index contributed by atoms with van der Waals surface area (Å²) in [6.45, 7) is 6.92. The summed E-state index contributed by atoms with van der Waals surface area (Å²) >= 11 is 0. The van der Waals surface area contributed by atoms with Crippen molar-refractivity contribution in [3.8, 4) is 0 Å². The van der Waals surface area contributed by atoms with Crippen LogP contribution in [0.5, 0.6) is 0 Å². The van der Waals surface area contributed by atoms with E-state index < -0.39 is 0 Å². The molecule has 2 rings (SSSR count). The molecule has 0 bridgehead atoms. The SMILES string of the molecule is CCC(C)N(CC)C(=O)c1ccc2cn[nH]c2c1. The molecular weight excluding hydrogens is 226 g/mol. The van der Waals surface area contributed by atoms with Crippen molar-refractivity contribution in [2.75, 3.05) is 6.54 Å². The van der Waals surface area contributed by atoms with E-state index in [1.54, 1.807) is 6.20 Å². The average Bonchev–Trinajstić information content (AvgIpc) is 2.86. The predicted molar refractivity (Wildman–Crippen MR) is 72.6 cm³/mol. The number of hydrogen-bond donors (Lipinski definition) is 1. The summed E-state index contributed by atoms with van der Waals surface area (Å²) in [5.74, 6) is 0.0864. The molecular formula is C14H19N3O. The number of carbonyl (C=O) groups excluding carboxylic acids is 1. The minimum absolute atomic E-state index is 0.0864. The van der Waals surface area contributed by atoms with E-state index in [1.807, 2.05) is 30.0 Å². The molecule has 1 aromatic carbocycles. The van der Waals surface area contributed by atoms with Crippen molar-refractivity contribution in [3.63, 3.8) is 0 Å². The minimum Gasteiger partial charge on any atom is -0.336 e. The Bertz CT molecular complexity index is 547. The van der Waals surface area contributed by atoms with Gasteiger partial charge < -0.3 is 4.90 Å². The van der Waals surface area contributed by atoms with Gasteiger partial charge in [-0.05, 0) is 32.4 Å². The van der Waals surface area contributed by atoms with Gasteiger partial charge in [0.1, 0.15) is 0 Å². The van der Waals surface area contributed by atoms with Gasteiger partial charge >= 0.3 is 0 Å². The van der Waals surface area contributed by atoms with Crippen LogP contribution >= 0.6 is 0 Å². The smallest absolute Gasteiger partial charge is 0.254 e. The van der Waals surface area contributed by atoms with Gasteiger partial charge in [0.15, 0.2) is 0 Å². The number of amides is 1. The fraction of sp³-hybridized carbons (Fsp3) is 0.429. The Morgan fingerprint density at radius 2 is 2.22 bits per heavy atom. The number of H-pyrrole nitrogens is 1. The van der Waals surface area contributed by atoms with Crippen LogP contribution in [0.2, 0.25) is 0 Å². The van der Waals surface area contributed by atoms with Gasteiger partial charge in [-0.3, -0.25) is 9.89 Å². The number of fused-ring (bicyclic) bond motifs is 1. The van der Waals surface area contributed by atoms with Crippen LogP contribution in [0, 0.1) is 0 Å². The van der Waals surface area contributed by atoms with Crippen molar-refractivity contribution >= 4 is 16.8 Å². The highest BCUT2D eigenvalue weighted by Gasteiger charge is 2.18. The average molecular weight is 245 g/mol. The maximum atomic E-state index is 12.4. The molecule has 0 aliphatic carbocycles. The molecule has 4 heteroatoms. The van der Waals surface area contributed by atoms with Gasteiger partial charge in [-0.15, -0.1) is 0 Å². The number of aromatic nitrogens is 2. The van der Waals surface area contributed by atoms with E-state index >= 15 is 0 Å². The molecule has 0 aliphatic rings. The lowest BCUT2D eigenvalue weighted by atomic mass is 10.1. The second kappa shape index (κ2) is 5.21. The van der Waals surface area contributed by atoms with E-state index in [-0.39, 0.29) is 11.9 Å². The van der Waals surface area contributed by atoms with Crippen molar-refractivity contribution in [1.29, 1.82) is 0 Å². The van der Waals surface area contributed by atoms with Gasteiger partial charge in [0.2, 0.25) is 0 Å².